The zero-order valence-corrected chi connectivity index (χ0v) is 29.0. The summed E-state index contributed by atoms with van der Waals surface area (Å²) in [4.78, 5) is 82.0. The number of H-pyrrole nitrogens is 1. The van der Waals surface area contributed by atoms with Crippen LogP contribution in [0.5, 0.6) is 0 Å². The van der Waals surface area contributed by atoms with Crippen molar-refractivity contribution in [2.45, 2.75) is 71.8 Å². The molecule has 1 aliphatic heterocycles. The first-order chi connectivity index (χ1) is 22.8. The van der Waals surface area contributed by atoms with Gasteiger partial charge in [0.2, 0.25) is 23.6 Å². The van der Waals surface area contributed by atoms with Gasteiger partial charge in [-0.05, 0) is 38.7 Å². The predicted octanol–water partition coefficient (Wildman–Crippen LogP) is 1.31. The summed E-state index contributed by atoms with van der Waals surface area (Å²) in [7, 11) is 1.64. The second-order valence-corrected chi connectivity index (χ2v) is 13.4. The van der Waals surface area contributed by atoms with E-state index in [-0.39, 0.29) is 36.5 Å². The number of rotatable bonds is 5. The van der Waals surface area contributed by atoms with Crippen molar-refractivity contribution in [2.75, 3.05) is 26.7 Å². The van der Waals surface area contributed by atoms with E-state index in [0.29, 0.717) is 30.3 Å². The molecule has 2 bridgehead atoms. The number of amides is 5. The molecule has 14 nitrogen and oxygen atoms in total. The minimum Gasteiger partial charge on any atom is -0.345 e. The third kappa shape index (κ3) is 9.94. The molecule has 5 N–H and O–H groups in total. The minimum atomic E-state index is -0.986. The molecule has 2 aromatic heterocycles. The third-order valence-corrected chi connectivity index (χ3v) is 8.97. The van der Waals surface area contributed by atoms with Crippen LogP contribution in [0, 0.1) is 12.8 Å². The van der Waals surface area contributed by atoms with E-state index in [1.807, 2.05) is 42.2 Å². The van der Waals surface area contributed by atoms with Gasteiger partial charge in [-0.25, -0.2) is 9.97 Å². The molecule has 3 heterocycles. The van der Waals surface area contributed by atoms with Crippen LogP contribution in [0.15, 0.2) is 41.9 Å². The van der Waals surface area contributed by atoms with Gasteiger partial charge in [-0.1, -0.05) is 44.2 Å². The number of aromatic amines is 1. The maximum Gasteiger partial charge on any atom is 0.271 e. The molecular weight excluding hydrogens is 634 g/mol. The summed E-state index contributed by atoms with van der Waals surface area (Å²) in [6.07, 6.45) is 2.15. The van der Waals surface area contributed by atoms with Crippen LogP contribution in [0.1, 0.15) is 66.3 Å². The van der Waals surface area contributed by atoms with Crippen molar-refractivity contribution in [3.05, 3.63) is 69.7 Å². The average Bonchev–Trinajstić information content (AvgIpc) is 3.70. The number of hydrogen-bond donors (Lipinski definition) is 5. The highest BCUT2D eigenvalue weighted by molar-refractivity contribution is 7.09. The molecule has 0 aliphatic carbocycles. The van der Waals surface area contributed by atoms with Crippen molar-refractivity contribution in [1.29, 1.82) is 0 Å². The number of likely N-dealkylation sites (N-methyl/N-ethyl adjacent to an activating group) is 1. The first-order valence-corrected chi connectivity index (χ1v) is 16.9. The highest BCUT2D eigenvalue weighted by atomic mass is 32.1. The van der Waals surface area contributed by atoms with Crippen LogP contribution in [0.25, 0.3) is 0 Å². The van der Waals surface area contributed by atoms with Crippen LogP contribution in [0.4, 0.5) is 0 Å². The van der Waals surface area contributed by atoms with E-state index in [1.165, 1.54) is 23.2 Å². The van der Waals surface area contributed by atoms with E-state index in [0.717, 1.165) is 11.3 Å². The smallest absolute Gasteiger partial charge is 0.271 e. The highest BCUT2D eigenvalue weighted by Crippen LogP contribution is 2.23. The number of thiazole rings is 1. The van der Waals surface area contributed by atoms with Crippen molar-refractivity contribution in [1.82, 2.24) is 46.0 Å². The SMILES string of the molecule is Cc1cnc(CN2CCN(C)C(=O)[C@@H](C)NC(=O)[C@H](C(C)C)NC(=O)[C@H](C)NC(=O)c3csc(n3)[C@H](Cc3ccccc3)NC(=O)C2)[nH]1. The lowest BCUT2D eigenvalue weighted by atomic mass is 10.0. The number of carbonyl (C=O) groups excluding carboxylic acids is 5. The van der Waals surface area contributed by atoms with E-state index in [1.54, 1.807) is 39.4 Å². The summed E-state index contributed by atoms with van der Waals surface area (Å²) < 4.78 is 0. The van der Waals surface area contributed by atoms with Crippen LogP contribution < -0.4 is 21.3 Å². The van der Waals surface area contributed by atoms with Gasteiger partial charge in [0.25, 0.3) is 5.91 Å². The Morgan fingerprint density at radius 1 is 0.938 bits per heavy atom. The quantitative estimate of drug-likeness (QED) is 0.268. The van der Waals surface area contributed by atoms with Crippen molar-refractivity contribution >= 4 is 40.9 Å². The molecule has 0 unspecified atom stereocenters. The van der Waals surface area contributed by atoms with Crippen LogP contribution in [-0.2, 0) is 32.1 Å². The largest absolute Gasteiger partial charge is 0.345 e. The number of carbonyl (C=O) groups is 5. The molecular formula is C33H45N9O5S. The average molecular weight is 680 g/mol. The molecule has 4 rings (SSSR count). The molecule has 0 fully saturated rings. The van der Waals surface area contributed by atoms with E-state index in [4.69, 9.17) is 0 Å². The molecule has 4 atom stereocenters. The molecule has 15 heteroatoms. The number of benzene rings is 1. The van der Waals surface area contributed by atoms with Gasteiger partial charge >= 0.3 is 0 Å². The van der Waals surface area contributed by atoms with Gasteiger partial charge in [0.05, 0.1) is 19.1 Å². The van der Waals surface area contributed by atoms with Gasteiger partial charge < -0.3 is 31.2 Å². The standard InChI is InChI=1S/C33H45N9O5S/c1-19(2)28-31(46)37-22(5)33(47)41(6)12-13-42(16-26-34-15-20(3)35-26)17-27(43)38-24(14-23-10-8-7-9-11-23)32-39-25(18-48-32)30(45)36-21(4)29(44)40-28/h7-11,15,18-19,21-22,24,28H,12-14,16-17H2,1-6H3,(H,34,35)(H,36,45)(H,37,46)(H,38,43)(H,40,44)/t21-,22+,24-,28-/m0/s1. The summed E-state index contributed by atoms with van der Waals surface area (Å²) in [5.74, 6) is -1.87. The monoisotopic (exact) mass is 679 g/mol. The minimum absolute atomic E-state index is 0.000556. The first-order valence-electron chi connectivity index (χ1n) is 16.0. The molecule has 0 radical (unpaired) electrons. The predicted molar refractivity (Wildman–Crippen MR) is 181 cm³/mol. The topological polar surface area (TPSA) is 182 Å². The van der Waals surface area contributed by atoms with E-state index in [9.17, 15) is 24.0 Å². The number of fused-ring (bicyclic) bond motifs is 2. The van der Waals surface area contributed by atoms with E-state index >= 15 is 0 Å². The number of hydrogen-bond acceptors (Lipinski definition) is 9. The van der Waals surface area contributed by atoms with Crippen LogP contribution in [0.3, 0.4) is 0 Å². The molecule has 48 heavy (non-hydrogen) atoms. The van der Waals surface area contributed by atoms with E-state index in [2.05, 4.69) is 36.2 Å². The normalized spacial score (nSPS) is 22.8. The molecule has 1 aliphatic rings. The van der Waals surface area contributed by atoms with Crippen molar-refractivity contribution < 1.29 is 24.0 Å². The van der Waals surface area contributed by atoms with Crippen LogP contribution in [0.2, 0.25) is 0 Å². The molecule has 258 valence electrons. The Labute approximate surface area is 284 Å². The number of aryl methyl sites for hydroxylation is 1. The number of imidazole rings is 1. The fraction of sp³-hybridized carbons (Fsp3) is 0.485. The fourth-order valence-electron chi connectivity index (χ4n) is 5.26. The number of aromatic nitrogens is 3. The van der Waals surface area contributed by atoms with Gasteiger partial charge in [-0.3, -0.25) is 28.9 Å². The Morgan fingerprint density at radius 3 is 2.33 bits per heavy atom. The summed E-state index contributed by atoms with van der Waals surface area (Å²) in [6.45, 7) is 9.48. The lowest BCUT2D eigenvalue weighted by Gasteiger charge is -2.28. The molecule has 1 aromatic carbocycles. The Bertz CT molecular complexity index is 1590. The molecule has 0 saturated heterocycles. The Kier molecular flexibility index (Phi) is 12.4. The molecule has 0 saturated carbocycles. The number of nitrogens with one attached hydrogen (secondary N) is 5. The fourth-order valence-corrected chi connectivity index (χ4v) is 6.11. The van der Waals surface area contributed by atoms with Gasteiger partial charge in [0, 0.05) is 37.4 Å². The Morgan fingerprint density at radius 2 is 1.67 bits per heavy atom. The molecule has 0 spiro atoms. The van der Waals surface area contributed by atoms with Gasteiger partial charge in [0.1, 0.15) is 34.7 Å². The Hall–Kier alpha value is -4.63. The van der Waals surface area contributed by atoms with Crippen molar-refractivity contribution in [3.8, 4) is 0 Å². The zero-order chi connectivity index (χ0) is 35.0. The first kappa shape index (κ1) is 36.2. The summed E-state index contributed by atoms with van der Waals surface area (Å²) >= 11 is 1.24. The van der Waals surface area contributed by atoms with Crippen molar-refractivity contribution in [2.24, 2.45) is 5.92 Å². The second-order valence-electron chi connectivity index (χ2n) is 12.5. The molecule has 3 aromatic rings. The van der Waals surface area contributed by atoms with E-state index < -0.39 is 41.9 Å². The maximum absolute atomic E-state index is 13.6. The summed E-state index contributed by atoms with van der Waals surface area (Å²) in [6, 6.07) is 6.30. The summed E-state index contributed by atoms with van der Waals surface area (Å²) in [5.41, 5.74) is 1.96. The van der Waals surface area contributed by atoms with Gasteiger partial charge in [-0.2, -0.15) is 0 Å². The van der Waals surface area contributed by atoms with Gasteiger partial charge in [0.15, 0.2) is 0 Å². The third-order valence-electron chi connectivity index (χ3n) is 8.01. The van der Waals surface area contributed by atoms with Crippen LogP contribution >= 0.6 is 11.3 Å². The Balaban J connectivity index is 1.65. The maximum atomic E-state index is 13.6. The van der Waals surface area contributed by atoms with Gasteiger partial charge in [-0.15, -0.1) is 11.3 Å². The zero-order valence-electron chi connectivity index (χ0n) is 28.2. The lowest BCUT2D eigenvalue weighted by Crippen LogP contribution is -2.57. The van der Waals surface area contributed by atoms with Crippen molar-refractivity contribution in [3.63, 3.8) is 0 Å². The molecule has 5 amide bonds. The second kappa shape index (κ2) is 16.5. The lowest BCUT2D eigenvalue weighted by molar-refractivity contribution is -0.136. The van der Waals surface area contributed by atoms with Crippen LogP contribution in [-0.4, -0.2) is 99.1 Å². The number of nitrogens with zero attached hydrogens (tertiary/aromatic N) is 4. The highest BCUT2D eigenvalue weighted by Gasteiger charge is 2.31. The summed E-state index contributed by atoms with van der Waals surface area (Å²) in [5, 5.41) is 13.3.